The molecular weight excluding hydrogens is 196 g/mol. The SMILES string of the molecule is CC(C)=CC(N)C1(N(C)C)CCC(C)CC1. The molecule has 1 atom stereocenters. The van der Waals surface area contributed by atoms with Crippen molar-refractivity contribution in [2.24, 2.45) is 11.7 Å². The van der Waals surface area contributed by atoms with Gasteiger partial charge in [-0.1, -0.05) is 18.6 Å². The lowest BCUT2D eigenvalue weighted by atomic mass is 9.72. The van der Waals surface area contributed by atoms with E-state index in [0.29, 0.717) is 0 Å². The molecule has 0 amide bonds. The van der Waals surface area contributed by atoms with E-state index in [0.717, 1.165) is 5.92 Å². The van der Waals surface area contributed by atoms with E-state index in [4.69, 9.17) is 5.73 Å². The summed E-state index contributed by atoms with van der Waals surface area (Å²) in [6.45, 7) is 6.62. The molecule has 1 unspecified atom stereocenters. The fraction of sp³-hybridized carbons (Fsp3) is 0.857. The van der Waals surface area contributed by atoms with E-state index in [9.17, 15) is 0 Å². The lowest BCUT2D eigenvalue weighted by Crippen LogP contribution is -2.58. The van der Waals surface area contributed by atoms with Crippen molar-refractivity contribution in [3.63, 3.8) is 0 Å². The van der Waals surface area contributed by atoms with Crippen LogP contribution in [0.3, 0.4) is 0 Å². The minimum Gasteiger partial charge on any atom is -0.323 e. The largest absolute Gasteiger partial charge is 0.323 e. The summed E-state index contributed by atoms with van der Waals surface area (Å²) in [6.07, 6.45) is 7.30. The Balaban J connectivity index is 2.85. The van der Waals surface area contributed by atoms with Crippen LogP contribution in [-0.4, -0.2) is 30.6 Å². The lowest BCUT2D eigenvalue weighted by molar-refractivity contribution is 0.0704. The molecule has 0 aliphatic heterocycles. The zero-order chi connectivity index (χ0) is 12.3. The van der Waals surface area contributed by atoms with Crippen LogP contribution in [0.1, 0.15) is 46.5 Å². The summed E-state index contributed by atoms with van der Waals surface area (Å²) in [5.74, 6) is 0.868. The first-order valence-electron chi connectivity index (χ1n) is 6.46. The quantitative estimate of drug-likeness (QED) is 0.747. The molecular formula is C14H28N2. The van der Waals surface area contributed by atoms with Crippen LogP contribution in [0.2, 0.25) is 0 Å². The Bertz CT molecular complexity index is 243. The molecule has 94 valence electrons. The zero-order valence-corrected chi connectivity index (χ0v) is 11.6. The first kappa shape index (κ1) is 13.7. The van der Waals surface area contributed by atoms with Crippen LogP contribution < -0.4 is 5.73 Å². The Labute approximate surface area is 101 Å². The van der Waals surface area contributed by atoms with Gasteiger partial charge >= 0.3 is 0 Å². The molecule has 1 aliphatic rings. The summed E-state index contributed by atoms with van der Waals surface area (Å²) in [5.41, 5.74) is 7.92. The molecule has 1 fully saturated rings. The second kappa shape index (κ2) is 5.33. The molecule has 1 saturated carbocycles. The number of hydrogen-bond donors (Lipinski definition) is 1. The Kier molecular flexibility index (Phi) is 4.57. The molecule has 0 spiro atoms. The second-order valence-corrected chi connectivity index (χ2v) is 5.95. The van der Waals surface area contributed by atoms with Gasteiger partial charge in [-0.25, -0.2) is 0 Å². The third-order valence-corrected chi connectivity index (χ3v) is 4.16. The van der Waals surface area contributed by atoms with Gasteiger partial charge in [-0.05, 0) is 59.5 Å². The Morgan fingerprint density at radius 2 is 1.81 bits per heavy atom. The van der Waals surface area contributed by atoms with Gasteiger partial charge < -0.3 is 10.6 Å². The highest BCUT2D eigenvalue weighted by Gasteiger charge is 2.40. The minimum atomic E-state index is 0.167. The van der Waals surface area contributed by atoms with Crippen LogP contribution in [0.25, 0.3) is 0 Å². The van der Waals surface area contributed by atoms with Crippen LogP contribution in [0.5, 0.6) is 0 Å². The van der Waals surface area contributed by atoms with E-state index < -0.39 is 0 Å². The van der Waals surface area contributed by atoms with Gasteiger partial charge in [0, 0.05) is 11.6 Å². The van der Waals surface area contributed by atoms with Crippen molar-refractivity contribution in [2.45, 2.75) is 58.0 Å². The van der Waals surface area contributed by atoms with Crippen LogP contribution in [0.4, 0.5) is 0 Å². The van der Waals surface area contributed by atoms with E-state index >= 15 is 0 Å². The number of nitrogens with zero attached hydrogens (tertiary/aromatic N) is 1. The average Bonchev–Trinajstić information content (AvgIpc) is 2.17. The number of hydrogen-bond acceptors (Lipinski definition) is 2. The zero-order valence-electron chi connectivity index (χ0n) is 11.6. The molecule has 0 aromatic carbocycles. The van der Waals surface area contributed by atoms with Gasteiger partial charge in [-0.15, -0.1) is 0 Å². The fourth-order valence-electron chi connectivity index (χ4n) is 2.85. The maximum Gasteiger partial charge on any atom is 0.0413 e. The standard InChI is InChI=1S/C14H28N2/c1-11(2)10-13(15)14(16(4)5)8-6-12(3)7-9-14/h10,12-13H,6-9,15H2,1-5H3. The van der Waals surface area contributed by atoms with Crippen molar-refractivity contribution in [2.75, 3.05) is 14.1 Å². The van der Waals surface area contributed by atoms with Crippen molar-refractivity contribution in [1.82, 2.24) is 4.90 Å². The molecule has 0 aromatic heterocycles. The van der Waals surface area contributed by atoms with E-state index in [1.165, 1.54) is 31.3 Å². The minimum absolute atomic E-state index is 0.167. The molecule has 0 aromatic rings. The fourth-order valence-corrected chi connectivity index (χ4v) is 2.85. The average molecular weight is 224 g/mol. The number of likely N-dealkylation sites (N-methyl/N-ethyl adjacent to an activating group) is 1. The van der Waals surface area contributed by atoms with E-state index in [-0.39, 0.29) is 11.6 Å². The predicted molar refractivity (Wildman–Crippen MR) is 71.5 cm³/mol. The van der Waals surface area contributed by atoms with Crippen molar-refractivity contribution in [3.8, 4) is 0 Å². The van der Waals surface area contributed by atoms with Crippen LogP contribution in [0, 0.1) is 5.92 Å². The van der Waals surface area contributed by atoms with Crippen molar-refractivity contribution in [1.29, 1.82) is 0 Å². The number of allylic oxidation sites excluding steroid dienone is 1. The highest BCUT2D eigenvalue weighted by Crippen LogP contribution is 2.37. The van der Waals surface area contributed by atoms with Gasteiger partial charge in [0.2, 0.25) is 0 Å². The highest BCUT2D eigenvalue weighted by atomic mass is 15.2. The highest BCUT2D eigenvalue weighted by molar-refractivity contribution is 5.12. The van der Waals surface area contributed by atoms with Gasteiger partial charge in [0.25, 0.3) is 0 Å². The number of nitrogens with two attached hydrogens (primary N) is 1. The normalized spacial score (nSPS) is 32.6. The molecule has 2 nitrogen and oxygen atoms in total. The van der Waals surface area contributed by atoms with Gasteiger partial charge in [0.1, 0.15) is 0 Å². The van der Waals surface area contributed by atoms with E-state index in [2.05, 4.69) is 45.8 Å². The second-order valence-electron chi connectivity index (χ2n) is 5.95. The summed E-state index contributed by atoms with van der Waals surface area (Å²) in [7, 11) is 4.35. The molecule has 16 heavy (non-hydrogen) atoms. The number of rotatable bonds is 3. The molecule has 1 aliphatic carbocycles. The van der Waals surface area contributed by atoms with E-state index in [1.807, 2.05) is 0 Å². The Morgan fingerprint density at radius 1 is 1.31 bits per heavy atom. The van der Waals surface area contributed by atoms with Crippen molar-refractivity contribution in [3.05, 3.63) is 11.6 Å². The smallest absolute Gasteiger partial charge is 0.0413 e. The predicted octanol–water partition coefficient (Wildman–Crippen LogP) is 2.79. The van der Waals surface area contributed by atoms with Crippen molar-refractivity contribution < 1.29 is 0 Å². The first-order valence-corrected chi connectivity index (χ1v) is 6.46. The molecule has 2 N–H and O–H groups in total. The molecule has 1 rings (SSSR count). The van der Waals surface area contributed by atoms with Gasteiger partial charge in [0.15, 0.2) is 0 Å². The van der Waals surface area contributed by atoms with Crippen LogP contribution in [-0.2, 0) is 0 Å². The van der Waals surface area contributed by atoms with Gasteiger partial charge in [-0.2, -0.15) is 0 Å². The summed E-state index contributed by atoms with van der Waals surface area (Å²) >= 11 is 0. The molecule has 0 saturated heterocycles. The molecule has 0 bridgehead atoms. The maximum absolute atomic E-state index is 6.41. The molecule has 0 radical (unpaired) electrons. The maximum atomic E-state index is 6.41. The summed E-state index contributed by atoms with van der Waals surface area (Å²) in [5, 5.41) is 0. The molecule has 0 heterocycles. The first-order chi connectivity index (χ1) is 7.38. The van der Waals surface area contributed by atoms with Crippen LogP contribution in [0.15, 0.2) is 11.6 Å². The van der Waals surface area contributed by atoms with Gasteiger partial charge in [-0.3, -0.25) is 0 Å². The monoisotopic (exact) mass is 224 g/mol. The summed E-state index contributed by atoms with van der Waals surface area (Å²) < 4.78 is 0. The summed E-state index contributed by atoms with van der Waals surface area (Å²) in [4.78, 5) is 2.35. The topological polar surface area (TPSA) is 29.3 Å². The summed E-state index contributed by atoms with van der Waals surface area (Å²) in [6, 6.07) is 0.167. The lowest BCUT2D eigenvalue weighted by Gasteiger charge is -2.47. The van der Waals surface area contributed by atoms with Gasteiger partial charge in [0.05, 0.1) is 0 Å². The van der Waals surface area contributed by atoms with Crippen molar-refractivity contribution >= 4 is 0 Å². The molecule has 2 heteroatoms. The Morgan fingerprint density at radius 3 is 2.19 bits per heavy atom. The third-order valence-electron chi connectivity index (χ3n) is 4.16. The van der Waals surface area contributed by atoms with E-state index in [1.54, 1.807) is 0 Å². The Hall–Kier alpha value is -0.340. The third kappa shape index (κ3) is 2.86. The van der Waals surface area contributed by atoms with Crippen LogP contribution >= 0.6 is 0 Å².